The van der Waals surface area contributed by atoms with Gasteiger partial charge >= 0.3 is 0 Å². The van der Waals surface area contributed by atoms with Crippen molar-refractivity contribution < 1.29 is 0 Å². The molecule has 0 aliphatic heterocycles. The van der Waals surface area contributed by atoms with Crippen LogP contribution in [0, 0.1) is 6.08 Å². The Labute approximate surface area is 70.0 Å². The van der Waals surface area contributed by atoms with Gasteiger partial charge < -0.3 is 0 Å². The van der Waals surface area contributed by atoms with Gasteiger partial charge in [0.25, 0.3) is 0 Å². The Morgan fingerprint density at radius 2 is 1.82 bits per heavy atom. The van der Waals surface area contributed by atoms with Gasteiger partial charge in [0.05, 0.1) is 0 Å². The fourth-order valence-electron chi connectivity index (χ4n) is 1.31. The lowest BCUT2D eigenvalue weighted by Crippen LogP contribution is -1.75. The average Bonchev–Trinajstić information content (AvgIpc) is 2.08. The Balaban J connectivity index is 2.22. The van der Waals surface area contributed by atoms with Gasteiger partial charge in [0.15, 0.2) is 0 Å². The van der Waals surface area contributed by atoms with E-state index in [0.29, 0.717) is 0 Å². The van der Waals surface area contributed by atoms with Gasteiger partial charge in [-0.25, -0.2) is 0 Å². The van der Waals surface area contributed by atoms with Crippen LogP contribution in [0.5, 0.6) is 0 Å². The molecule has 61 valence electrons. The molecule has 0 N–H and O–H groups in total. The summed E-state index contributed by atoms with van der Waals surface area (Å²) >= 11 is 0. The van der Waals surface area contributed by atoms with Crippen molar-refractivity contribution in [2.24, 2.45) is 0 Å². The van der Waals surface area contributed by atoms with Gasteiger partial charge in [0, 0.05) is 0 Å². The molecular weight excluding hydrogens is 132 g/mol. The minimum absolute atomic E-state index is 1.08. The van der Waals surface area contributed by atoms with Gasteiger partial charge in [0.2, 0.25) is 0 Å². The van der Waals surface area contributed by atoms with Crippen LogP contribution in [0.3, 0.4) is 0 Å². The summed E-state index contributed by atoms with van der Waals surface area (Å²) in [6.07, 6.45) is 19.0. The van der Waals surface area contributed by atoms with Crippen LogP contribution in [0.1, 0.15) is 44.9 Å². The van der Waals surface area contributed by atoms with Crippen molar-refractivity contribution in [3.63, 3.8) is 0 Å². The first kappa shape index (κ1) is 8.58. The highest BCUT2D eigenvalue weighted by molar-refractivity contribution is 4.90. The third kappa shape index (κ3) is 4.83. The van der Waals surface area contributed by atoms with Crippen LogP contribution in [0.2, 0.25) is 0 Å². The Kier molecular flexibility index (Phi) is 4.84. The lowest BCUT2D eigenvalue weighted by Gasteiger charge is -1.94. The van der Waals surface area contributed by atoms with E-state index in [1.54, 1.807) is 0 Å². The predicted octanol–water partition coefficient (Wildman–Crippen LogP) is 3.65. The van der Waals surface area contributed by atoms with Gasteiger partial charge in [-0.2, -0.15) is 0 Å². The van der Waals surface area contributed by atoms with Gasteiger partial charge in [-0.3, -0.25) is 0 Å². The fourth-order valence-corrected chi connectivity index (χ4v) is 1.31. The third-order valence-electron chi connectivity index (χ3n) is 2.01. The molecule has 0 nitrogen and oxygen atoms in total. The molecule has 0 aromatic rings. The highest BCUT2D eigenvalue weighted by Gasteiger charge is 1.88. The Morgan fingerprint density at radius 1 is 0.909 bits per heavy atom. The van der Waals surface area contributed by atoms with Crippen LogP contribution in [-0.2, 0) is 0 Å². The predicted molar refractivity (Wildman–Crippen MR) is 49.3 cm³/mol. The van der Waals surface area contributed by atoms with Crippen molar-refractivity contribution >= 4 is 0 Å². The zero-order valence-electron chi connectivity index (χ0n) is 7.18. The summed E-state index contributed by atoms with van der Waals surface area (Å²) in [6, 6.07) is 0. The summed E-state index contributed by atoms with van der Waals surface area (Å²) in [4.78, 5) is 0. The standard InChI is InChI=1S/C11H17/c1-2-4-6-8-10-11-9-7-5-3-1/h1-2,5H,3-4,6,8-11H2. The molecule has 0 atom stereocenters. The molecule has 0 bridgehead atoms. The van der Waals surface area contributed by atoms with Crippen molar-refractivity contribution in [1.29, 1.82) is 0 Å². The molecule has 0 heteroatoms. The van der Waals surface area contributed by atoms with Crippen molar-refractivity contribution in [3.8, 4) is 0 Å². The molecule has 0 amide bonds. The lowest BCUT2D eigenvalue weighted by atomic mass is 10.1. The second kappa shape index (κ2) is 6.21. The summed E-state index contributed by atoms with van der Waals surface area (Å²) in [6.45, 7) is 0. The van der Waals surface area contributed by atoms with Gasteiger partial charge in [0.1, 0.15) is 0 Å². The molecule has 0 heterocycles. The maximum absolute atomic E-state index is 3.31. The normalized spacial score (nSPS) is 21.1. The zero-order chi connectivity index (χ0) is 7.78. The van der Waals surface area contributed by atoms with Crippen LogP contribution in [0.15, 0.2) is 18.2 Å². The average molecular weight is 149 g/mol. The first-order valence-corrected chi connectivity index (χ1v) is 4.70. The minimum Gasteiger partial charge on any atom is -0.0882 e. The molecule has 1 rings (SSSR count). The van der Waals surface area contributed by atoms with E-state index in [0.717, 1.165) is 12.8 Å². The summed E-state index contributed by atoms with van der Waals surface area (Å²) in [5, 5.41) is 0. The molecule has 11 heavy (non-hydrogen) atoms. The molecule has 0 spiro atoms. The monoisotopic (exact) mass is 149 g/mol. The van der Waals surface area contributed by atoms with Crippen molar-refractivity contribution in [2.75, 3.05) is 0 Å². The molecule has 0 saturated heterocycles. The van der Waals surface area contributed by atoms with E-state index in [1.165, 1.54) is 32.1 Å². The first-order valence-electron chi connectivity index (χ1n) is 4.70. The van der Waals surface area contributed by atoms with Crippen LogP contribution in [-0.4, -0.2) is 0 Å². The van der Waals surface area contributed by atoms with Gasteiger partial charge in [-0.05, 0) is 38.2 Å². The molecule has 0 aromatic heterocycles. The highest BCUT2D eigenvalue weighted by Crippen LogP contribution is 2.07. The van der Waals surface area contributed by atoms with E-state index in [2.05, 4.69) is 24.3 Å². The molecule has 0 aromatic carbocycles. The lowest BCUT2D eigenvalue weighted by molar-refractivity contribution is 0.649. The largest absolute Gasteiger partial charge is 0.0882 e. The molecule has 1 aliphatic rings. The molecule has 0 unspecified atom stereocenters. The molecular formula is C11H17. The molecule has 1 radical (unpaired) electrons. The number of hydrogen-bond donors (Lipinski definition) is 0. The smallest absolute Gasteiger partial charge is 0.0163 e. The van der Waals surface area contributed by atoms with E-state index >= 15 is 0 Å². The van der Waals surface area contributed by atoms with E-state index < -0.39 is 0 Å². The number of rotatable bonds is 0. The van der Waals surface area contributed by atoms with E-state index in [4.69, 9.17) is 0 Å². The summed E-state index contributed by atoms with van der Waals surface area (Å²) in [5.74, 6) is 0. The first-order chi connectivity index (χ1) is 5.50. The summed E-state index contributed by atoms with van der Waals surface area (Å²) < 4.78 is 0. The maximum Gasteiger partial charge on any atom is -0.0163 e. The number of hydrogen-bond acceptors (Lipinski definition) is 0. The summed E-state index contributed by atoms with van der Waals surface area (Å²) in [7, 11) is 0. The second-order valence-corrected chi connectivity index (χ2v) is 3.07. The topological polar surface area (TPSA) is 0 Å². The van der Waals surface area contributed by atoms with Crippen molar-refractivity contribution in [1.82, 2.24) is 0 Å². The van der Waals surface area contributed by atoms with Crippen LogP contribution in [0.4, 0.5) is 0 Å². The summed E-state index contributed by atoms with van der Waals surface area (Å²) in [5.41, 5.74) is 0. The Morgan fingerprint density at radius 3 is 2.82 bits per heavy atom. The van der Waals surface area contributed by atoms with Gasteiger partial charge in [-0.1, -0.05) is 31.1 Å². The third-order valence-corrected chi connectivity index (χ3v) is 2.01. The zero-order valence-corrected chi connectivity index (χ0v) is 7.18. The maximum atomic E-state index is 3.31. The highest BCUT2D eigenvalue weighted by atomic mass is 13.9. The molecule has 1 aliphatic carbocycles. The second-order valence-electron chi connectivity index (χ2n) is 3.07. The Bertz CT molecular complexity index is 115. The Hall–Kier alpha value is -0.520. The molecule has 0 fully saturated rings. The fraction of sp³-hybridized carbons (Fsp3) is 0.636. The molecule has 0 saturated carbocycles. The quantitative estimate of drug-likeness (QED) is 0.461. The van der Waals surface area contributed by atoms with E-state index in [-0.39, 0.29) is 0 Å². The van der Waals surface area contributed by atoms with Crippen molar-refractivity contribution in [3.05, 3.63) is 24.3 Å². The van der Waals surface area contributed by atoms with Crippen molar-refractivity contribution in [2.45, 2.75) is 44.9 Å². The van der Waals surface area contributed by atoms with Gasteiger partial charge in [-0.15, -0.1) is 0 Å². The SMILES string of the molecule is [C]1=CCC=CCCCCCC1. The number of allylic oxidation sites excluding steroid dienone is 4. The minimum atomic E-state index is 1.08. The van der Waals surface area contributed by atoms with Crippen LogP contribution in [0.25, 0.3) is 0 Å². The van der Waals surface area contributed by atoms with E-state index in [1.807, 2.05) is 0 Å². The van der Waals surface area contributed by atoms with Crippen LogP contribution >= 0.6 is 0 Å². The van der Waals surface area contributed by atoms with Crippen LogP contribution < -0.4 is 0 Å². The van der Waals surface area contributed by atoms with E-state index in [9.17, 15) is 0 Å².